The van der Waals surface area contributed by atoms with E-state index in [4.69, 9.17) is 0 Å². The molecule has 7 heteroatoms. The van der Waals surface area contributed by atoms with Crippen LogP contribution in [0.1, 0.15) is 36.3 Å². The Morgan fingerprint density at radius 3 is 2.18 bits per heavy atom. The van der Waals surface area contributed by atoms with E-state index in [1.54, 1.807) is 0 Å². The summed E-state index contributed by atoms with van der Waals surface area (Å²) < 4.78 is 13.8. The lowest BCUT2D eigenvalue weighted by Gasteiger charge is -2.06. The van der Waals surface area contributed by atoms with Gasteiger partial charge >= 0.3 is 5.69 Å². The molecular formula is C10H11FN2O4. The first-order valence-corrected chi connectivity index (χ1v) is 5.04. The first-order valence-electron chi connectivity index (χ1n) is 5.04. The molecule has 0 fully saturated rings. The van der Waals surface area contributed by atoms with Gasteiger partial charge in [0.2, 0.25) is 17.6 Å². The molecule has 0 saturated carbocycles. The van der Waals surface area contributed by atoms with Crippen molar-refractivity contribution in [2.75, 3.05) is 0 Å². The molecule has 0 spiro atoms. The van der Waals surface area contributed by atoms with Gasteiger partial charge in [-0.05, 0) is 0 Å². The zero-order valence-electron chi connectivity index (χ0n) is 9.40. The number of nitrogens with zero attached hydrogens (tertiary/aromatic N) is 2. The van der Waals surface area contributed by atoms with Crippen molar-refractivity contribution in [3.8, 4) is 0 Å². The second-order valence-corrected chi connectivity index (χ2v) is 3.26. The van der Waals surface area contributed by atoms with Crippen molar-refractivity contribution in [2.45, 2.75) is 26.7 Å². The van der Waals surface area contributed by atoms with Crippen LogP contribution < -0.4 is 11.2 Å². The summed E-state index contributed by atoms with van der Waals surface area (Å²) in [5.41, 5.74) is -2.46. The van der Waals surface area contributed by atoms with Gasteiger partial charge in [0.25, 0.3) is 5.56 Å². The second-order valence-electron chi connectivity index (χ2n) is 3.26. The minimum atomic E-state index is -1.33. The fraction of sp³-hybridized carbons (Fsp3) is 0.400. The molecule has 0 aliphatic rings. The molecule has 0 atom stereocenters. The van der Waals surface area contributed by atoms with E-state index in [2.05, 4.69) is 0 Å². The zero-order valence-corrected chi connectivity index (χ0v) is 9.40. The summed E-state index contributed by atoms with van der Waals surface area (Å²) in [7, 11) is 0. The zero-order chi connectivity index (χ0) is 13.2. The van der Waals surface area contributed by atoms with Crippen molar-refractivity contribution < 1.29 is 14.0 Å². The van der Waals surface area contributed by atoms with Crippen LogP contribution in [0, 0.1) is 5.82 Å². The molecule has 0 aliphatic carbocycles. The van der Waals surface area contributed by atoms with E-state index in [0.29, 0.717) is 10.8 Å². The lowest BCUT2D eigenvalue weighted by molar-refractivity contribution is 0.0874. The molecule has 17 heavy (non-hydrogen) atoms. The molecule has 0 bridgehead atoms. The Bertz CT molecular complexity index is 585. The van der Waals surface area contributed by atoms with Crippen molar-refractivity contribution in [3.05, 3.63) is 32.9 Å². The maximum absolute atomic E-state index is 13.2. The molecule has 1 aromatic rings. The molecule has 0 amide bonds. The Morgan fingerprint density at radius 2 is 1.71 bits per heavy atom. The SMILES string of the molecule is CCC(=O)n1cc(F)c(=O)n(C(=O)CC)c1=O. The number of hydrogen-bond donors (Lipinski definition) is 0. The Hall–Kier alpha value is -2.05. The predicted octanol–water partition coefficient (Wildman–Crippen LogP) is 0.250. The minimum absolute atomic E-state index is 0.0438. The highest BCUT2D eigenvalue weighted by Gasteiger charge is 2.18. The van der Waals surface area contributed by atoms with E-state index in [0.717, 1.165) is 0 Å². The van der Waals surface area contributed by atoms with Crippen LogP contribution in [0.25, 0.3) is 0 Å². The third-order valence-corrected chi connectivity index (χ3v) is 2.17. The van der Waals surface area contributed by atoms with Crippen molar-refractivity contribution in [1.82, 2.24) is 9.13 Å². The van der Waals surface area contributed by atoms with Crippen molar-refractivity contribution in [2.24, 2.45) is 0 Å². The third kappa shape index (κ3) is 2.22. The first kappa shape index (κ1) is 13.0. The predicted molar refractivity (Wildman–Crippen MR) is 56.8 cm³/mol. The monoisotopic (exact) mass is 242 g/mol. The smallest absolute Gasteiger partial charge is 0.274 e. The van der Waals surface area contributed by atoms with Gasteiger partial charge < -0.3 is 0 Å². The number of hydrogen-bond acceptors (Lipinski definition) is 4. The quantitative estimate of drug-likeness (QED) is 0.744. The van der Waals surface area contributed by atoms with Gasteiger partial charge in [-0.25, -0.2) is 9.36 Å². The topological polar surface area (TPSA) is 78.1 Å². The van der Waals surface area contributed by atoms with Crippen LogP contribution in [-0.2, 0) is 0 Å². The van der Waals surface area contributed by atoms with E-state index >= 15 is 0 Å². The summed E-state index contributed by atoms with van der Waals surface area (Å²) >= 11 is 0. The summed E-state index contributed by atoms with van der Waals surface area (Å²) in [4.78, 5) is 45.6. The van der Waals surface area contributed by atoms with Crippen LogP contribution in [-0.4, -0.2) is 20.9 Å². The van der Waals surface area contributed by atoms with Crippen LogP contribution in [0.4, 0.5) is 4.39 Å². The fourth-order valence-corrected chi connectivity index (χ4v) is 1.25. The van der Waals surface area contributed by atoms with Gasteiger partial charge in [0.15, 0.2) is 0 Å². The molecule has 0 saturated heterocycles. The Kier molecular flexibility index (Phi) is 3.72. The number of carbonyl (C=O) groups excluding carboxylic acids is 2. The van der Waals surface area contributed by atoms with Crippen LogP contribution in [0.5, 0.6) is 0 Å². The van der Waals surface area contributed by atoms with Gasteiger partial charge in [0.1, 0.15) is 0 Å². The highest BCUT2D eigenvalue weighted by atomic mass is 19.1. The molecule has 0 aromatic carbocycles. The number of carbonyl (C=O) groups is 2. The summed E-state index contributed by atoms with van der Waals surface area (Å²) in [6, 6.07) is 0. The standard InChI is InChI=1S/C10H11FN2O4/c1-3-7(14)12-5-6(11)9(16)13(10(12)17)8(15)4-2/h5H,3-4H2,1-2H3. The minimum Gasteiger partial charge on any atom is -0.274 e. The van der Waals surface area contributed by atoms with Crippen molar-refractivity contribution >= 4 is 11.8 Å². The van der Waals surface area contributed by atoms with E-state index in [9.17, 15) is 23.6 Å². The molecular weight excluding hydrogens is 231 g/mol. The molecule has 1 aromatic heterocycles. The average Bonchev–Trinajstić information content (AvgIpc) is 2.32. The van der Waals surface area contributed by atoms with Crippen LogP contribution in [0.3, 0.4) is 0 Å². The molecule has 0 radical (unpaired) electrons. The van der Waals surface area contributed by atoms with Gasteiger partial charge in [-0.1, -0.05) is 13.8 Å². The fourth-order valence-electron chi connectivity index (χ4n) is 1.25. The average molecular weight is 242 g/mol. The van der Waals surface area contributed by atoms with E-state index in [1.165, 1.54) is 13.8 Å². The largest absolute Gasteiger partial charge is 0.344 e. The molecule has 0 aliphatic heterocycles. The maximum Gasteiger partial charge on any atom is 0.344 e. The summed E-state index contributed by atoms with van der Waals surface area (Å²) in [6.45, 7) is 2.90. The Balaban J connectivity index is 3.66. The molecule has 0 N–H and O–H groups in total. The molecule has 92 valence electrons. The number of aromatic nitrogens is 2. The summed E-state index contributed by atoms with van der Waals surface area (Å²) in [5.74, 6) is -2.85. The van der Waals surface area contributed by atoms with Gasteiger partial charge in [0, 0.05) is 12.8 Å². The molecule has 1 rings (SSSR count). The highest BCUT2D eigenvalue weighted by Crippen LogP contribution is 1.91. The Labute approximate surface area is 95.3 Å². The van der Waals surface area contributed by atoms with Gasteiger partial charge in [-0.3, -0.25) is 14.4 Å². The molecule has 0 unspecified atom stereocenters. The van der Waals surface area contributed by atoms with Crippen LogP contribution >= 0.6 is 0 Å². The highest BCUT2D eigenvalue weighted by molar-refractivity contribution is 5.81. The molecule has 6 nitrogen and oxygen atoms in total. The van der Waals surface area contributed by atoms with E-state index in [1.807, 2.05) is 0 Å². The number of rotatable bonds is 2. The van der Waals surface area contributed by atoms with E-state index < -0.39 is 28.9 Å². The number of halogens is 1. The van der Waals surface area contributed by atoms with Gasteiger partial charge in [-0.2, -0.15) is 8.96 Å². The first-order chi connectivity index (χ1) is 7.93. The molecule has 1 heterocycles. The summed E-state index contributed by atoms with van der Waals surface area (Å²) in [5, 5.41) is 0. The lowest BCUT2D eigenvalue weighted by atomic mass is 10.4. The Morgan fingerprint density at radius 1 is 1.18 bits per heavy atom. The van der Waals surface area contributed by atoms with Crippen molar-refractivity contribution in [3.63, 3.8) is 0 Å². The lowest BCUT2D eigenvalue weighted by Crippen LogP contribution is -2.46. The van der Waals surface area contributed by atoms with Crippen LogP contribution in [0.15, 0.2) is 15.8 Å². The maximum atomic E-state index is 13.2. The van der Waals surface area contributed by atoms with Crippen LogP contribution in [0.2, 0.25) is 0 Å². The third-order valence-electron chi connectivity index (χ3n) is 2.17. The second kappa shape index (κ2) is 4.86. The van der Waals surface area contributed by atoms with Gasteiger partial charge in [0.05, 0.1) is 6.20 Å². The summed E-state index contributed by atoms with van der Waals surface area (Å²) in [6.07, 6.45) is 0.326. The van der Waals surface area contributed by atoms with E-state index in [-0.39, 0.29) is 17.4 Å². The normalized spacial score (nSPS) is 10.3. The van der Waals surface area contributed by atoms with Gasteiger partial charge in [-0.15, -0.1) is 0 Å². The van der Waals surface area contributed by atoms with Crippen molar-refractivity contribution in [1.29, 1.82) is 0 Å².